The van der Waals surface area contributed by atoms with Crippen molar-refractivity contribution in [2.45, 2.75) is 0 Å². The summed E-state index contributed by atoms with van der Waals surface area (Å²) in [5.74, 6) is -0.493. The first kappa shape index (κ1) is 14.9. The van der Waals surface area contributed by atoms with E-state index < -0.39 is 11.8 Å². The molecule has 0 bridgehead atoms. The third-order valence-corrected chi connectivity index (χ3v) is 3.43. The number of hydrogen-bond donors (Lipinski definition) is 3. The summed E-state index contributed by atoms with van der Waals surface area (Å²) in [5, 5.41) is 0.522. The van der Waals surface area contributed by atoms with Crippen molar-refractivity contribution in [2.24, 2.45) is 0 Å². The van der Waals surface area contributed by atoms with Crippen LogP contribution < -0.4 is 10.9 Å². The number of hydrogen-bond acceptors (Lipinski definition) is 3. The van der Waals surface area contributed by atoms with Crippen molar-refractivity contribution in [1.82, 2.24) is 15.8 Å². The third-order valence-electron chi connectivity index (χ3n) is 3.10. The van der Waals surface area contributed by atoms with Gasteiger partial charge >= 0.3 is 5.91 Å². The van der Waals surface area contributed by atoms with Crippen molar-refractivity contribution in [2.75, 3.05) is 0 Å². The van der Waals surface area contributed by atoms with Gasteiger partial charge in [-0.3, -0.25) is 20.4 Å². The first-order valence-electron chi connectivity index (χ1n) is 6.74. The minimum Gasteiger partial charge on any atom is -0.451 e. The van der Waals surface area contributed by atoms with Crippen LogP contribution in [0, 0.1) is 0 Å². The van der Waals surface area contributed by atoms with Crippen molar-refractivity contribution >= 4 is 23.4 Å². The Bertz CT molecular complexity index is 840. The molecule has 0 aliphatic rings. The molecule has 23 heavy (non-hydrogen) atoms. The predicted molar refractivity (Wildman–Crippen MR) is 84.9 cm³/mol. The zero-order chi connectivity index (χ0) is 16.2. The summed E-state index contributed by atoms with van der Waals surface area (Å²) >= 11 is 6.09. The summed E-state index contributed by atoms with van der Waals surface area (Å²) in [6.07, 6.45) is 1.61. The van der Waals surface area contributed by atoms with Gasteiger partial charge in [-0.1, -0.05) is 23.7 Å². The van der Waals surface area contributed by atoms with Crippen molar-refractivity contribution in [3.05, 3.63) is 71.2 Å². The molecule has 3 aromatic rings. The van der Waals surface area contributed by atoms with Gasteiger partial charge in [0.1, 0.15) is 11.5 Å². The number of nitrogens with one attached hydrogen (secondary N) is 3. The highest BCUT2D eigenvalue weighted by Crippen LogP contribution is 2.28. The van der Waals surface area contributed by atoms with Gasteiger partial charge in [0, 0.05) is 11.8 Å². The van der Waals surface area contributed by atoms with Gasteiger partial charge in [-0.25, -0.2) is 0 Å². The molecule has 0 fully saturated rings. The van der Waals surface area contributed by atoms with Crippen LogP contribution in [-0.2, 0) is 0 Å². The lowest BCUT2D eigenvalue weighted by Crippen LogP contribution is -2.41. The summed E-state index contributed by atoms with van der Waals surface area (Å²) in [7, 11) is 0. The smallest absolute Gasteiger partial charge is 0.305 e. The lowest BCUT2D eigenvalue weighted by atomic mass is 10.2. The van der Waals surface area contributed by atoms with Crippen molar-refractivity contribution < 1.29 is 14.0 Å². The third kappa shape index (κ3) is 3.27. The second kappa shape index (κ2) is 6.41. The molecule has 0 atom stereocenters. The predicted octanol–water partition coefficient (Wildman–Crippen LogP) is 3.00. The summed E-state index contributed by atoms with van der Waals surface area (Å²) in [6.45, 7) is 0. The fourth-order valence-electron chi connectivity index (χ4n) is 1.98. The molecule has 2 aromatic heterocycles. The molecule has 0 saturated carbocycles. The molecule has 0 aliphatic heterocycles. The Labute approximate surface area is 136 Å². The standard InChI is InChI=1S/C16H12ClN3O3/c17-11-5-2-1-4-10(11)13-7-8-14(23-13)16(22)20-19-15(21)12-6-3-9-18-12/h1-9,18H,(H,19,21)(H,20,22). The fraction of sp³-hybridized carbons (Fsp3) is 0. The zero-order valence-electron chi connectivity index (χ0n) is 11.8. The van der Waals surface area contributed by atoms with Crippen LogP contribution in [0.2, 0.25) is 5.02 Å². The average molecular weight is 330 g/mol. The minimum absolute atomic E-state index is 0.0618. The molecule has 0 spiro atoms. The number of hydrazine groups is 1. The normalized spacial score (nSPS) is 10.3. The van der Waals surface area contributed by atoms with Crippen LogP contribution in [0.25, 0.3) is 11.3 Å². The molecule has 2 heterocycles. The highest BCUT2D eigenvalue weighted by molar-refractivity contribution is 6.33. The number of halogens is 1. The maximum atomic E-state index is 12.0. The van der Waals surface area contributed by atoms with E-state index in [1.807, 2.05) is 6.07 Å². The van der Waals surface area contributed by atoms with E-state index in [4.69, 9.17) is 16.0 Å². The van der Waals surface area contributed by atoms with Gasteiger partial charge in [0.25, 0.3) is 5.91 Å². The highest BCUT2D eigenvalue weighted by Gasteiger charge is 2.15. The zero-order valence-corrected chi connectivity index (χ0v) is 12.6. The van der Waals surface area contributed by atoms with E-state index in [1.165, 1.54) is 6.07 Å². The van der Waals surface area contributed by atoms with Gasteiger partial charge in [0.15, 0.2) is 5.76 Å². The molecule has 3 N–H and O–H groups in total. The Hall–Kier alpha value is -2.99. The van der Waals surface area contributed by atoms with Crippen molar-refractivity contribution in [1.29, 1.82) is 0 Å². The van der Waals surface area contributed by atoms with E-state index in [-0.39, 0.29) is 5.76 Å². The molecule has 0 saturated heterocycles. The molecule has 116 valence electrons. The van der Waals surface area contributed by atoms with E-state index in [9.17, 15) is 9.59 Å². The topological polar surface area (TPSA) is 87.1 Å². The fourth-order valence-corrected chi connectivity index (χ4v) is 2.21. The lowest BCUT2D eigenvalue weighted by molar-refractivity contribution is 0.0829. The Balaban J connectivity index is 1.67. The van der Waals surface area contributed by atoms with Crippen LogP contribution in [0.3, 0.4) is 0 Å². The number of furan rings is 1. The van der Waals surface area contributed by atoms with E-state index in [0.717, 1.165) is 0 Å². The molecular formula is C16H12ClN3O3. The number of aromatic nitrogens is 1. The summed E-state index contributed by atoms with van der Waals surface area (Å²) in [6, 6.07) is 13.6. The maximum Gasteiger partial charge on any atom is 0.305 e. The van der Waals surface area contributed by atoms with Gasteiger partial charge in [0.2, 0.25) is 0 Å². The van der Waals surface area contributed by atoms with Crippen molar-refractivity contribution in [3.63, 3.8) is 0 Å². The maximum absolute atomic E-state index is 12.0. The molecule has 7 heteroatoms. The Morgan fingerprint density at radius 3 is 2.48 bits per heavy atom. The first-order valence-corrected chi connectivity index (χ1v) is 7.12. The Morgan fingerprint density at radius 2 is 1.74 bits per heavy atom. The second-order valence-electron chi connectivity index (χ2n) is 4.64. The van der Waals surface area contributed by atoms with Crippen LogP contribution in [-0.4, -0.2) is 16.8 Å². The van der Waals surface area contributed by atoms with Crippen molar-refractivity contribution in [3.8, 4) is 11.3 Å². The van der Waals surface area contributed by atoms with E-state index >= 15 is 0 Å². The molecule has 6 nitrogen and oxygen atoms in total. The minimum atomic E-state index is -0.566. The SMILES string of the molecule is O=C(NNC(=O)c1ccc(-c2ccccc2Cl)o1)c1ccc[nH]1. The number of rotatable bonds is 3. The molecule has 0 radical (unpaired) electrons. The lowest BCUT2D eigenvalue weighted by Gasteiger charge is -2.04. The largest absolute Gasteiger partial charge is 0.451 e. The van der Waals surface area contributed by atoms with Gasteiger partial charge in [-0.05, 0) is 36.4 Å². The summed E-state index contributed by atoms with van der Waals surface area (Å²) < 4.78 is 5.48. The van der Waals surface area contributed by atoms with E-state index in [2.05, 4.69) is 15.8 Å². The molecule has 0 aliphatic carbocycles. The molecule has 1 aromatic carbocycles. The summed E-state index contributed by atoms with van der Waals surface area (Å²) in [4.78, 5) is 26.4. The van der Waals surface area contributed by atoms with E-state index in [0.29, 0.717) is 22.0 Å². The molecule has 0 unspecified atom stereocenters. The number of benzene rings is 1. The van der Waals surface area contributed by atoms with E-state index in [1.54, 1.807) is 42.6 Å². The molecule has 3 rings (SSSR count). The highest BCUT2D eigenvalue weighted by atomic mass is 35.5. The Morgan fingerprint density at radius 1 is 0.957 bits per heavy atom. The summed E-state index contributed by atoms with van der Waals surface area (Å²) in [5.41, 5.74) is 5.59. The van der Waals surface area contributed by atoms with Crippen LogP contribution in [0.5, 0.6) is 0 Å². The van der Waals surface area contributed by atoms with Gasteiger partial charge in [0.05, 0.1) is 5.02 Å². The molecular weight excluding hydrogens is 318 g/mol. The van der Waals surface area contributed by atoms with Crippen LogP contribution >= 0.6 is 11.6 Å². The number of carbonyl (C=O) groups excluding carboxylic acids is 2. The number of carbonyl (C=O) groups is 2. The quantitative estimate of drug-likeness (QED) is 0.645. The molecule has 2 amide bonds. The van der Waals surface area contributed by atoms with Gasteiger partial charge in [-0.2, -0.15) is 0 Å². The van der Waals surface area contributed by atoms with Crippen LogP contribution in [0.1, 0.15) is 21.0 Å². The van der Waals surface area contributed by atoms with Gasteiger partial charge < -0.3 is 9.40 Å². The second-order valence-corrected chi connectivity index (χ2v) is 5.04. The Kier molecular flexibility index (Phi) is 4.16. The number of H-pyrrole nitrogens is 1. The van der Waals surface area contributed by atoms with Crippen LogP contribution in [0.15, 0.2) is 59.1 Å². The average Bonchev–Trinajstić information content (AvgIpc) is 3.24. The first-order chi connectivity index (χ1) is 11.1. The number of amides is 2. The number of aromatic amines is 1. The monoisotopic (exact) mass is 329 g/mol. The van der Waals surface area contributed by atoms with Gasteiger partial charge in [-0.15, -0.1) is 0 Å². The van der Waals surface area contributed by atoms with Crippen LogP contribution in [0.4, 0.5) is 0 Å².